The van der Waals surface area contributed by atoms with E-state index in [0.717, 1.165) is 12.8 Å². The highest BCUT2D eigenvalue weighted by atomic mass is 16.6. The average molecular weight is 167 g/mol. The summed E-state index contributed by atoms with van der Waals surface area (Å²) in [5.74, 6) is 0. The van der Waals surface area contributed by atoms with Gasteiger partial charge in [0.25, 0.3) is 0 Å². The molecule has 3 nitrogen and oxygen atoms in total. The Labute approximate surface area is 72.3 Å². The molecule has 0 radical (unpaired) electrons. The monoisotopic (exact) mass is 167 g/mol. The zero-order chi connectivity index (χ0) is 8.81. The molecule has 12 heavy (non-hydrogen) atoms. The summed E-state index contributed by atoms with van der Waals surface area (Å²) in [7, 11) is 0. The molecule has 0 unspecified atom stereocenters. The van der Waals surface area contributed by atoms with Crippen molar-refractivity contribution in [3.05, 3.63) is 24.6 Å². The van der Waals surface area contributed by atoms with Gasteiger partial charge in [-0.05, 0) is 12.8 Å². The second-order valence-electron chi connectivity index (χ2n) is 2.53. The van der Waals surface area contributed by atoms with E-state index in [0.29, 0.717) is 6.61 Å². The van der Waals surface area contributed by atoms with Gasteiger partial charge in [0.15, 0.2) is 0 Å². The van der Waals surface area contributed by atoms with Gasteiger partial charge in [-0.1, -0.05) is 19.1 Å². The van der Waals surface area contributed by atoms with Crippen LogP contribution < -0.4 is 0 Å². The van der Waals surface area contributed by atoms with Gasteiger partial charge in [0.2, 0.25) is 0 Å². The van der Waals surface area contributed by atoms with E-state index in [-0.39, 0.29) is 6.09 Å². The van der Waals surface area contributed by atoms with Crippen LogP contribution in [0.2, 0.25) is 0 Å². The number of hydrogen-bond donors (Lipinski definition) is 0. The summed E-state index contributed by atoms with van der Waals surface area (Å²) in [4.78, 5) is 12.6. The van der Waals surface area contributed by atoms with Crippen LogP contribution in [0.1, 0.15) is 19.8 Å². The van der Waals surface area contributed by atoms with Crippen molar-refractivity contribution in [1.82, 2.24) is 4.90 Å². The molecule has 66 valence electrons. The highest BCUT2D eigenvalue weighted by molar-refractivity contribution is 5.70. The van der Waals surface area contributed by atoms with Crippen molar-refractivity contribution < 1.29 is 9.53 Å². The van der Waals surface area contributed by atoms with E-state index in [2.05, 4.69) is 0 Å². The van der Waals surface area contributed by atoms with Crippen molar-refractivity contribution in [3.63, 3.8) is 0 Å². The first-order valence-electron chi connectivity index (χ1n) is 4.13. The fraction of sp³-hybridized carbons (Fsp3) is 0.444. The Hall–Kier alpha value is -1.25. The van der Waals surface area contributed by atoms with E-state index in [1.165, 1.54) is 4.90 Å². The number of amides is 1. The smallest absolute Gasteiger partial charge is 0.417 e. The minimum Gasteiger partial charge on any atom is -0.449 e. The molecule has 0 aromatic carbocycles. The van der Waals surface area contributed by atoms with Crippen LogP contribution in [0.15, 0.2) is 24.6 Å². The van der Waals surface area contributed by atoms with Crippen LogP contribution in [0, 0.1) is 0 Å². The first-order chi connectivity index (χ1) is 5.84. The Bertz CT molecular complexity index is 197. The van der Waals surface area contributed by atoms with Crippen LogP contribution >= 0.6 is 0 Å². The zero-order valence-electron chi connectivity index (χ0n) is 7.19. The molecule has 1 rings (SSSR count). The largest absolute Gasteiger partial charge is 0.449 e. The molecule has 1 aliphatic heterocycles. The fourth-order valence-corrected chi connectivity index (χ4v) is 0.863. The molecule has 0 atom stereocenters. The number of nitrogens with zero attached hydrogens (tertiary/aromatic N) is 1. The first kappa shape index (κ1) is 8.84. The summed E-state index contributed by atoms with van der Waals surface area (Å²) in [5.41, 5.74) is 0. The lowest BCUT2D eigenvalue weighted by Gasteiger charge is -2.15. The summed E-state index contributed by atoms with van der Waals surface area (Å²) in [6.07, 6.45) is 8.70. The third-order valence-corrected chi connectivity index (χ3v) is 1.44. The maximum Gasteiger partial charge on any atom is 0.417 e. The summed E-state index contributed by atoms with van der Waals surface area (Å²) in [6, 6.07) is 0. The van der Waals surface area contributed by atoms with E-state index in [9.17, 15) is 4.79 Å². The Morgan fingerprint density at radius 3 is 2.75 bits per heavy atom. The molecule has 1 aliphatic rings. The van der Waals surface area contributed by atoms with Gasteiger partial charge in [-0.25, -0.2) is 4.79 Å². The molecule has 0 aromatic rings. The fourth-order valence-electron chi connectivity index (χ4n) is 0.863. The molecule has 0 saturated heterocycles. The number of ether oxygens (including phenoxy) is 1. The molecule has 0 aliphatic carbocycles. The molecule has 1 heterocycles. The third kappa shape index (κ3) is 2.42. The van der Waals surface area contributed by atoms with Crippen LogP contribution in [0.4, 0.5) is 4.79 Å². The molecule has 0 bridgehead atoms. The van der Waals surface area contributed by atoms with E-state index >= 15 is 0 Å². The lowest BCUT2D eigenvalue weighted by Crippen LogP contribution is -2.22. The average Bonchev–Trinajstić information content (AvgIpc) is 2.15. The van der Waals surface area contributed by atoms with Gasteiger partial charge in [-0.3, -0.25) is 4.90 Å². The summed E-state index contributed by atoms with van der Waals surface area (Å²) < 4.78 is 4.92. The molecule has 0 saturated carbocycles. The van der Waals surface area contributed by atoms with Crippen molar-refractivity contribution in [3.8, 4) is 0 Å². The molecule has 0 N–H and O–H groups in total. The Morgan fingerprint density at radius 1 is 1.50 bits per heavy atom. The molecule has 0 spiro atoms. The Morgan fingerprint density at radius 2 is 2.17 bits per heavy atom. The van der Waals surface area contributed by atoms with Crippen molar-refractivity contribution in [2.24, 2.45) is 0 Å². The van der Waals surface area contributed by atoms with E-state index in [1.807, 2.05) is 19.1 Å². The van der Waals surface area contributed by atoms with Crippen molar-refractivity contribution in [2.45, 2.75) is 19.8 Å². The third-order valence-electron chi connectivity index (χ3n) is 1.44. The maximum atomic E-state index is 11.2. The van der Waals surface area contributed by atoms with Gasteiger partial charge in [0, 0.05) is 12.4 Å². The number of rotatable bonds is 2. The van der Waals surface area contributed by atoms with E-state index in [1.54, 1.807) is 12.4 Å². The predicted octanol–water partition coefficient (Wildman–Crippen LogP) is 2.27. The Balaban J connectivity index is 2.35. The lowest BCUT2D eigenvalue weighted by atomic mass is 10.3. The first-order valence-corrected chi connectivity index (χ1v) is 4.13. The van der Waals surface area contributed by atoms with Gasteiger partial charge in [0.05, 0.1) is 6.61 Å². The van der Waals surface area contributed by atoms with Crippen LogP contribution in [0.3, 0.4) is 0 Å². The van der Waals surface area contributed by atoms with Gasteiger partial charge in [-0.2, -0.15) is 0 Å². The van der Waals surface area contributed by atoms with Crippen LogP contribution in [-0.4, -0.2) is 17.6 Å². The van der Waals surface area contributed by atoms with Crippen LogP contribution in [0.5, 0.6) is 0 Å². The normalized spacial score (nSPS) is 14.9. The number of allylic oxidation sites excluding steroid dienone is 2. The predicted molar refractivity (Wildman–Crippen MR) is 46.4 cm³/mol. The van der Waals surface area contributed by atoms with Gasteiger partial charge >= 0.3 is 6.09 Å². The van der Waals surface area contributed by atoms with Crippen molar-refractivity contribution in [2.75, 3.05) is 6.61 Å². The van der Waals surface area contributed by atoms with Crippen molar-refractivity contribution >= 4 is 6.09 Å². The molecule has 1 amide bonds. The second kappa shape index (κ2) is 4.59. The zero-order valence-corrected chi connectivity index (χ0v) is 7.19. The summed E-state index contributed by atoms with van der Waals surface area (Å²) in [6.45, 7) is 2.45. The van der Waals surface area contributed by atoms with Gasteiger partial charge in [0.1, 0.15) is 0 Å². The van der Waals surface area contributed by atoms with Crippen LogP contribution in [-0.2, 0) is 4.74 Å². The molecular formula is C9H13NO2. The van der Waals surface area contributed by atoms with Crippen molar-refractivity contribution in [1.29, 1.82) is 0 Å². The highest BCUT2D eigenvalue weighted by Crippen LogP contribution is 2.04. The van der Waals surface area contributed by atoms with E-state index < -0.39 is 0 Å². The minimum absolute atomic E-state index is 0.302. The summed E-state index contributed by atoms with van der Waals surface area (Å²) >= 11 is 0. The number of carbonyl (C=O) groups is 1. The highest BCUT2D eigenvalue weighted by Gasteiger charge is 2.09. The van der Waals surface area contributed by atoms with Gasteiger partial charge in [-0.15, -0.1) is 0 Å². The number of hydrogen-bond acceptors (Lipinski definition) is 2. The summed E-state index contributed by atoms with van der Waals surface area (Å²) in [5, 5.41) is 0. The Kier molecular flexibility index (Phi) is 3.38. The standard InChI is InChI=1S/C9H13NO2/c1-2-8-12-9(11)10-6-4-3-5-7-10/h4-7H,2-3,8H2,1H3. The molecular weight excluding hydrogens is 154 g/mol. The lowest BCUT2D eigenvalue weighted by molar-refractivity contribution is 0.127. The maximum absolute atomic E-state index is 11.2. The molecule has 0 fully saturated rings. The van der Waals surface area contributed by atoms with Crippen LogP contribution in [0.25, 0.3) is 0 Å². The molecule has 0 aromatic heterocycles. The topological polar surface area (TPSA) is 29.5 Å². The quantitative estimate of drug-likeness (QED) is 0.631. The molecule has 3 heteroatoms. The van der Waals surface area contributed by atoms with E-state index in [4.69, 9.17) is 4.74 Å². The second-order valence-corrected chi connectivity index (χ2v) is 2.53. The SMILES string of the molecule is CCCOC(=O)N1C=CCC=C1. The van der Waals surface area contributed by atoms with Gasteiger partial charge < -0.3 is 4.74 Å². The number of carbonyl (C=O) groups excluding carboxylic acids is 1. The minimum atomic E-state index is -0.302.